The predicted molar refractivity (Wildman–Crippen MR) is 59.3 cm³/mol. The van der Waals surface area contributed by atoms with Gasteiger partial charge in [0.15, 0.2) is 0 Å². The van der Waals surface area contributed by atoms with Crippen molar-refractivity contribution in [3.63, 3.8) is 0 Å². The van der Waals surface area contributed by atoms with E-state index in [1.54, 1.807) is 11.3 Å². The molecule has 1 heterocycles. The Labute approximate surface area is 89.5 Å². The van der Waals surface area contributed by atoms with Crippen molar-refractivity contribution >= 4 is 11.3 Å². The second kappa shape index (κ2) is 4.87. The van der Waals surface area contributed by atoms with Gasteiger partial charge >= 0.3 is 0 Å². The number of aromatic nitrogens is 1. The summed E-state index contributed by atoms with van der Waals surface area (Å²) in [6.45, 7) is 9.90. The molecule has 0 radical (unpaired) electrons. The quantitative estimate of drug-likeness (QED) is 0.617. The molecule has 3 nitrogen and oxygen atoms in total. The minimum Gasteiger partial charge on any atom is -0.302 e. The number of nitrogens with zero attached hydrogens (tertiary/aromatic N) is 1. The summed E-state index contributed by atoms with van der Waals surface area (Å²) in [6.07, 6.45) is 1.91. The monoisotopic (exact) mass is 214 g/mol. The first-order chi connectivity index (χ1) is 6.54. The maximum atomic E-state index is 5.06. The van der Waals surface area contributed by atoms with Gasteiger partial charge in [0.2, 0.25) is 0 Å². The van der Waals surface area contributed by atoms with Crippen LogP contribution in [0.4, 0.5) is 0 Å². The normalized spacial score (nSPS) is 12.0. The zero-order valence-corrected chi connectivity index (χ0v) is 10.1. The minimum atomic E-state index is 0.147. The number of rotatable bonds is 4. The van der Waals surface area contributed by atoms with Crippen LogP contribution in [0.5, 0.6) is 0 Å². The van der Waals surface area contributed by atoms with Crippen LogP contribution in [0.2, 0.25) is 0 Å². The van der Waals surface area contributed by atoms with E-state index in [0.29, 0.717) is 6.61 Å². The van der Waals surface area contributed by atoms with Gasteiger partial charge in [-0.05, 0) is 6.92 Å². The summed E-state index contributed by atoms with van der Waals surface area (Å²) in [5.74, 6) is 0. The maximum absolute atomic E-state index is 5.06. The van der Waals surface area contributed by atoms with Gasteiger partial charge in [-0.15, -0.1) is 11.3 Å². The average molecular weight is 214 g/mol. The van der Waals surface area contributed by atoms with E-state index in [1.807, 2.05) is 13.1 Å². The van der Waals surface area contributed by atoms with Gasteiger partial charge in [-0.3, -0.25) is 0 Å². The van der Waals surface area contributed by atoms with Gasteiger partial charge in [0.25, 0.3) is 0 Å². The molecule has 14 heavy (non-hydrogen) atoms. The third-order valence-corrected chi connectivity index (χ3v) is 3.11. The molecule has 0 amide bonds. The van der Waals surface area contributed by atoms with Crippen LogP contribution in [0, 0.1) is 0 Å². The fraction of sp³-hybridized carbons (Fsp3) is 0.700. The molecular formula is C10H18N2OS. The lowest BCUT2D eigenvalue weighted by molar-refractivity contribution is 0.0469. The summed E-state index contributed by atoms with van der Waals surface area (Å²) in [5.41, 5.74) is 3.03. The molecule has 0 fully saturated rings. The van der Waals surface area contributed by atoms with E-state index in [9.17, 15) is 0 Å². The molecule has 0 aromatic carbocycles. The molecule has 0 aliphatic rings. The van der Waals surface area contributed by atoms with E-state index < -0.39 is 0 Å². The van der Waals surface area contributed by atoms with Crippen molar-refractivity contribution in [2.75, 3.05) is 6.61 Å². The Balaban J connectivity index is 2.51. The Kier molecular flexibility index (Phi) is 4.04. The fourth-order valence-electron chi connectivity index (χ4n) is 0.960. The molecule has 0 unspecified atom stereocenters. The molecule has 0 aliphatic heterocycles. The van der Waals surface area contributed by atoms with Crippen LogP contribution in [0.15, 0.2) is 6.20 Å². The van der Waals surface area contributed by atoms with E-state index in [-0.39, 0.29) is 5.41 Å². The summed E-state index contributed by atoms with van der Waals surface area (Å²) in [4.78, 5) is 10.7. The highest BCUT2D eigenvalue weighted by Crippen LogP contribution is 2.26. The molecule has 4 heteroatoms. The van der Waals surface area contributed by atoms with E-state index in [1.165, 1.54) is 9.88 Å². The third-order valence-electron chi connectivity index (χ3n) is 1.69. The van der Waals surface area contributed by atoms with Gasteiger partial charge in [-0.1, -0.05) is 20.8 Å². The molecular weight excluding hydrogens is 196 g/mol. The number of nitrogens with one attached hydrogen (secondary N) is 1. The first kappa shape index (κ1) is 11.6. The van der Waals surface area contributed by atoms with Crippen molar-refractivity contribution in [1.82, 2.24) is 10.5 Å². The lowest BCUT2D eigenvalue weighted by Gasteiger charge is -2.13. The van der Waals surface area contributed by atoms with Gasteiger partial charge in [0.1, 0.15) is 0 Å². The molecule has 0 bridgehead atoms. The summed E-state index contributed by atoms with van der Waals surface area (Å²) >= 11 is 1.74. The lowest BCUT2D eigenvalue weighted by Crippen LogP contribution is -2.12. The van der Waals surface area contributed by atoms with Gasteiger partial charge in [-0.2, -0.15) is 5.48 Å². The topological polar surface area (TPSA) is 34.1 Å². The van der Waals surface area contributed by atoms with Crippen LogP contribution in [0.3, 0.4) is 0 Å². The van der Waals surface area contributed by atoms with Crippen molar-refractivity contribution in [3.05, 3.63) is 16.1 Å². The van der Waals surface area contributed by atoms with Crippen molar-refractivity contribution in [3.8, 4) is 0 Å². The number of hydrogen-bond acceptors (Lipinski definition) is 4. The molecule has 0 aliphatic carbocycles. The maximum Gasteiger partial charge on any atom is 0.0981 e. The molecule has 0 atom stereocenters. The van der Waals surface area contributed by atoms with Gasteiger partial charge in [0, 0.05) is 16.5 Å². The molecule has 80 valence electrons. The minimum absolute atomic E-state index is 0.147. The van der Waals surface area contributed by atoms with Gasteiger partial charge in [-0.25, -0.2) is 4.98 Å². The largest absolute Gasteiger partial charge is 0.302 e. The van der Waals surface area contributed by atoms with Gasteiger partial charge in [0.05, 0.1) is 18.2 Å². The Morgan fingerprint density at radius 2 is 2.21 bits per heavy atom. The average Bonchev–Trinajstić information content (AvgIpc) is 2.52. The third kappa shape index (κ3) is 3.36. The standard InChI is InChI=1S/C10H18N2OS/c1-5-13-12-7-8-6-11-9(14-8)10(2,3)4/h6,12H,5,7H2,1-4H3. The van der Waals surface area contributed by atoms with Crippen LogP contribution in [0.1, 0.15) is 37.6 Å². The molecule has 0 spiro atoms. The highest BCUT2D eigenvalue weighted by molar-refractivity contribution is 7.11. The van der Waals surface area contributed by atoms with E-state index in [4.69, 9.17) is 4.84 Å². The van der Waals surface area contributed by atoms with Crippen LogP contribution >= 0.6 is 11.3 Å². The Morgan fingerprint density at radius 1 is 1.50 bits per heavy atom. The van der Waals surface area contributed by atoms with Crippen LogP contribution in [-0.2, 0) is 16.8 Å². The SMILES string of the molecule is CCONCc1cnc(C(C)(C)C)s1. The molecule has 0 saturated carbocycles. The van der Waals surface area contributed by atoms with Crippen molar-refractivity contribution in [1.29, 1.82) is 0 Å². The summed E-state index contributed by atoms with van der Waals surface area (Å²) in [7, 11) is 0. The Bertz CT molecular complexity index is 278. The van der Waals surface area contributed by atoms with Crippen LogP contribution in [0.25, 0.3) is 0 Å². The highest BCUT2D eigenvalue weighted by atomic mass is 32.1. The second-order valence-corrected chi connectivity index (χ2v) is 5.25. The number of hydrogen-bond donors (Lipinski definition) is 1. The smallest absolute Gasteiger partial charge is 0.0981 e. The predicted octanol–water partition coefficient (Wildman–Crippen LogP) is 2.48. The zero-order valence-electron chi connectivity index (χ0n) is 9.26. The van der Waals surface area contributed by atoms with E-state index in [0.717, 1.165) is 6.54 Å². The first-order valence-electron chi connectivity index (χ1n) is 4.84. The second-order valence-electron chi connectivity index (χ2n) is 4.14. The van der Waals surface area contributed by atoms with Crippen LogP contribution in [-0.4, -0.2) is 11.6 Å². The summed E-state index contributed by atoms with van der Waals surface area (Å²) < 4.78 is 0. The number of hydroxylamine groups is 1. The van der Waals surface area contributed by atoms with E-state index in [2.05, 4.69) is 31.2 Å². The molecule has 1 aromatic rings. The van der Waals surface area contributed by atoms with Crippen molar-refractivity contribution in [2.45, 2.75) is 39.7 Å². The molecule has 1 aromatic heterocycles. The summed E-state index contributed by atoms with van der Waals surface area (Å²) in [5, 5.41) is 1.17. The zero-order chi connectivity index (χ0) is 10.6. The number of thiazole rings is 1. The Hall–Kier alpha value is -0.450. The van der Waals surface area contributed by atoms with Gasteiger partial charge < -0.3 is 4.84 Å². The lowest BCUT2D eigenvalue weighted by atomic mass is 9.98. The van der Waals surface area contributed by atoms with Crippen LogP contribution < -0.4 is 5.48 Å². The Morgan fingerprint density at radius 3 is 2.71 bits per heavy atom. The fourth-order valence-corrected chi connectivity index (χ4v) is 1.86. The molecule has 1 rings (SSSR count). The highest BCUT2D eigenvalue weighted by Gasteiger charge is 2.17. The van der Waals surface area contributed by atoms with Crippen molar-refractivity contribution < 1.29 is 4.84 Å². The molecule has 0 saturated heterocycles. The van der Waals surface area contributed by atoms with Crippen molar-refractivity contribution in [2.24, 2.45) is 0 Å². The van der Waals surface area contributed by atoms with E-state index >= 15 is 0 Å². The first-order valence-corrected chi connectivity index (χ1v) is 5.65. The summed E-state index contributed by atoms with van der Waals surface area (Å²) in [6, 6.07) is 0. The molecule has 1 N–H and O–H groups in total.